The minimum atomic E-state index is -1.22. The van der Waals surface area contributed by atoms with E-state index >= 15 is 0 Å². The molecule has 0 fully saturated rings. The summed E-state index contributed by atoms with van der Waals surface area (Å²) in [5.41, 5.74) is 2.55. The predicted molar refractivity (Wildman–Crippen MR) is 86.8 cm³/mol. The molecule has 4 rings (SSSR count). The molecule has 2 aromatic heterocycles. The molecule has 0 spiro atoms. The van der Waals surface area contributed by atoms with Crippen LogP contribution in [0.3, 0.4) is 0 Å². The van der Waals surface area contributed by atoms with Crippen molar-refractivity contribution < 1.29 is 24.3 Å². The second kappa shape index (κ2) is 6.33. The summed E-state index contributed by atoms with van der Waals surface area (Å²) in [4.78, 5) is 25.6. The van der Waals surface area contributed by atoms with Crippen LogP contribution in [-0.2, 0) is 4.79 Å². The predicted octanol–water partition coefficient (Wildman–Crippen LogP) is 1.39. The molecule has 0 saturated carbocycles. The van der Waals surface area contributed by atoms with Crippen LogP contribution in [0.15, 0.2) is 35.0 Å². The van der Waals surface area contributed by atoms with Gasteiger partial charge in [0.15, 0.2) is 17.1 Å². The molecule has 0 saturated heterocycles. The Hall–Kier alpha value is -3.86. The highest BCUT2D eigenvalue weighted by atomic mass is 16.5. The number of nitrogens with one attached hydrogen (secondary N) is 1. The molecule has 8 heteroatoms. The van der Waals surface area contributed by atoms with E-state index in [1.807, 2.05) is 0 Å². The Morgan fingerprint density at radius 2 is 2.04 bits per heavy atom. The summed E-state index contributed by atoms with van der Waals surface area (Å²) in [7, 11) is 0. The zero-order valence-electron chi connectivity index (χ0n) is 12.7. The highest BCUT2D eigenvalue weighted by Crippen LogP contribution is 2.32. The van der Waals surface area contributed by atoms with E-state index in [1.54, 1.807) is 0 Å². The lowest BCUT2D eigenvalue weighted by atomic mass is 10.2. The van der Waals surface area contributed by atoms with Gasteiger partial charge in [-0.25, -0.2) is 4.98 Å². The van der Waals surface area contributed by atoms with E-state index in [0.717, 1.165) is 0 Å². The fourth-order valence-corrected chi connectivity index (χ4v) is 2.07. The maximum Gasteiger partial charge on any atom is 0.322 e. The summed E-state index contributed by atoms with van der Waals surface area (Å²) >= 11 is 0. The molecule has 0 bridgehead atoms. The first-order chi connectivity index (χ1) is 12.0. The number of terminal acetylenes is 1. The van der Waals surface area contributed by atoms with E-state index in [0.29, 0.717) is 0 Å². The zero-order chi connectivity index (χ0) is 18.0. The van der Waals surface area contributed by atoms with E-state index in [9.17, 15) is 14.7 Å². The number of carboxylic acids is 1. The van der Waals surface area contributed by atoms with Crippen molar-refractivity contribution in [2.45, 2.75) is 0 Å². The summed E-state index contributed by atoms with van der Waals surface area (Å²) in [5, 5.41) is 24.1. The van der Waals surface area contributed by atoms with Crippen LogP contribution < -0.4 is 5.32 Å². The van der Waals surface area contributed by atoms with Gasteiger partial charge >= 0.3 is 5.97 Å². The lowest BCUT2D eigenvalue weighted by Crippen LogP contribution is -2.29. The lowest BCUT2D eigenvalue weighted by Gasteiger charge is -2.03. The maximum absolute atomic E-state index is 11.6. The number of carboxylic acid groups (broad SMARTS) is 1. The number of nitrogens with zero attached hydrogens (tertiary/aromatic N) is 2. The minimum Gasteiger partial charge on any atom is -0.503 e. The molecule has 2 aromatic rings. The number of hydrogen-bond acceptors (Lipinski definition) is 6. The van der Waals surface area contributed by atoms with Gasteiger partial charge in [-0.05, 0) is 23.1 Å². The Balaban J connectivity index is 0.000000250. The third kappa shape index (κ3) is 3.25. The van der Waals surface area contributed by atoms with E-state index < -0.39 is 24.2 Å². The van der Waals surface area contributed by atoms with Gasteiger partial charge in [0.1, 0.15) is 6.54 Å². The molecular formula is C17H11N3O5. The monoisotopic (exact) mass is 337 g/mol. The fourth-order valence-electron chi connectivity index (χ4n) is 2.07. The molecule has 0 radical (unpaired) electrons. The Bertz CT molecular complexity index is 1020. The molecule has 0 unspecified atom stereocenters. The summed E-state index contributed by atoms with van der Waals surface area (Å²) in [6.45, 7) is -0.593. The second-order valence-electron chi connectivity index (χ2n) is 5.03. The molecule has 2 heterocycles. The van der Waals surface area contributed by atoms with Crippen LogP contribution in [0.1, 0.15) is 16.2 Å². The van der Waals surface area contributed by atoms with Gasteiger partial charge in [-0.15, -0.1) is 6.42 Å². The lowest BCUT2D eigenvalue weighted by molar-refractivity contribution is -0.135. The average molecular weight is 337 g/mol. The first-order valence-electron chi connectivity index (χ1n) is 7.05. The van der Waals surface area contributed by atoms with Crippen molar-refractivity contribution in [3.63, 3.8) is 0 Å². The molecule has 2 aliphatic carbocycles. The third-order valence-electron chi connectivity index (χ3n) is 3.35. The van der Waals surface area contributed by atoms with Crippen molar-refractivity contribution in [3.8, 4) is 29.2 Å². The van der Waals surface area contributed by atoms with Crippen LogP contribution in [0.4, 0.5) is 0 Å². The summed E-state index contributed by atoms with van der Waals surface area (Å²) < 4.78 is 4.81. The summed E-state index contributed by atoms with van der Waals surface area (Å²) in [6.07, 6.45) is 6.38. The van der Waals surface area contributed by atoms with E-state index in [2.05, 4.69) is 45.6 Å². The van der Waals surface area contributed by atoms with Gasteiger partial charge in [-0.1, -0.05) is 23.4 Å². The van der Waals surface area contributed by atoms with Crippen molar-refractivity contribution in [2.24, 2.45) is 0 Å². The molecule has 124 valence electrons. The number of fused-ring (bicyclic) bond motifs is 2. The molecule has 3 N–H and O–H groups in total. The van der Waals surface area contributed by atoms with Gasteiger partial charge in [-0.2, -0.15) is 0 Å². The second-order valence-corrected chi connectivity index (χ2v) is 5.03. The van der Waals surface area contributed by atoms with Gasteiger partial charge in [0, 0.05) is 6.20 Å². The van der Waals surface area contributed by atoms with Crippen molar-refractivity contribution in [2.75, 3.05) is 6.54 Å². The highest BCUT2D eigenvalue weighted by Gasteiger charge is 2.20. The first-order valence-corrected chi connectivity index (χ1v) is 7.05. The Labute approximate surface area is 141 Å². The molecular weight excluding hydrogens is 326 g/mol. The molecule has 1 amide bonds. The number of aromatic nitrogens is 2. The van der Waals surface area contributed by atoms with Crippen LogP contribution in [0.2, 0.25) is 0 Å². The number of benzene rings is 1. The Kier molecular flexibility index (Phi) is 4.05. The number of amides is 1. The number of pyridine rings is 1. The number of carbonyl (C=O) groups is 2. The van der Waals surface area contributed by atoms with Crippen molar-refractivity contribution in [3.05, 3.63) is 41.9 Å². The molecule has 2 aliphatic rings. The smallest absolute Gasteiger partial charge is 0.322 e. The molecule has 0 aliphatic heterocycles. The normalized spacial score (nSPS) is 10.4. The molecule has 0 atom stereocenters. The van der Waals surface area contributed by atoms with Crippen molar-refractivity contribution in [1.29, 1.82) is 0 Å². The quantitative estimate of drug-likeness (QED) is 0.482. The Morgan fingerprint density at radius 3 is 2.56 bits per heavy atom. The summed E-state index contributed by atoms with van der Waals surface area (Å²) in [5.74, 6) is -0.381. The number of hydrogen-bond donors (Lipinski definition) is 3. The van der Waals surface area contributed by atoms with Crippen LogP contribution in [0, 0.1) is 12.3 Å². The number of rotatable bonds is 3. The standard InChI is InChI=1S/C11H7N3O5.C6H4/c1-2-6-5-3-12-8(9(17)10(5)19-14-6)11(18)13-4-7(15)16;1-2-5-4-6(5)3-1/h1,3,17H,4H2,(H,13,18)(H,15,16);1-4H. The van der Waals surface area contributed by atoms with E-state index in [-0.39, 0.29) is 22.4 Å². The van der Waals surface area contributed by atoms with Gasteiger partial charge in [0.2, 0.25) is 5.58 Å². The van der Waals surface area contributed by atoms with Gasteiger partial charge < -0.3 is 20.1 Å². The van der Waals surface area contributed by atoms with Gasteiger partial charge in [0.05, 0.1) is 5.39 Å². The number of carbonyl (C=O) groups excluding carboxylic acids is 1. The maximum atomic E-state index is 11.6. The minimum absolute atomic E-state index is 0.0802. The first kappa shape index (κ1) is 16.0. The van der Waals surface area contributed by atoms with E-state index in [1.165, 1.54) is 17.3 Å². The average Bonchev–Trinajstić information content (AvgIpc) is 3.01. The van der Waals surface area contributed by atoms with Crippen LogP contribution in [-0.4, -0.2) is 38.8 Å². The number of aliphatic carboxylic acids is 1. The SMILES string of the molecule is C#Cc1noc2c(O)c(C(=O)NCC(=O)O)ncc12.c1cc2cc-2c1. The van der Waals surface area contributed by atoms with Crippen molar-refractivity contribution >= 4 is 22.8 Å². The zero-order valence-corrected chi connectivity index (χ0v) is 12.7. The van der Waals surface area contributed by atoms with Crippen molar-refractivity contribution in [1.82, 2.24) is 15.5 Å². The highest BCUT2D eigenvalue weighted by molar-refractivity contribution is 6.01. The molecule has 25 heavy (non-hydrogen) atoms. The topological polar surface area (TPSA) is 126 Å². The van der Waals surface area contributed by atoms with Gasteiger partial charge in [-0.3, -0.25) is 9.59 Å². The fraction of sp³-hybridized carbons (Fsp3) is 0.0588. The Morgan fingerprint density at radius 1 is 1.32 bits per heavy atom. The largest absolute Gasteiger partial charge is 0.503 e. The van der Waals surface area contributed by atoms with Crippen LogP contribution >= 0.6 is 0 Å². The van der Waals surface area contributed by atoms with Gasteiger partial charge in [0.25, 0.3) is 5.91 Å². The van der Waals surface area contributed by atoms with Crippen LogP contribution in [0.5, 0.6) is 5.75 Å². The third-order valence-corrected chi connectivity index (χ3v) is 3.35. The van der Waals surface area contributed by atoms with Crippen LogP contribution in [0.25, 0.3) is 22.1 Å². The van der Waals surface area contributed by atoms with E-state index in [4.69, 9.17) is 16.1 Å². The number of aromatic hydroxyl groups is 1. The summed E-state index contributed by atoms with van der Waals surface area (Å²) in [6, 6.07) is 8.48. The molecule has 8 nitrogen and oxygen atoms in total. The molecule has 0 aromatic carbocycles.